The van der Waals surface area contributed by atoms with E-state index in [1.54, 1.807) is 4.68 Å². The number of anilines is 1. The van der Waals surface area contributed by atoms with E-state index in [4.69, 9.17) is 4.74 Å². The van der Waals surface area contributed by atoms with Crippen LogP contribution in [0.2, 0.25) is 0 Å². The van der Waals surface area contributed by atoms with Crippen LogP contribution in [0.4, 0.5) is 10.5 Å². The number of para-hydroxylation sites is 1. The van der Waals surface area contributed by atoms with E-state index in [2.05, 4.69) is 29.5 Å². The SMILES string of the molecule is CCc1cccc(-n2nc(C)cc2C(=O)Cc2cccc(C3OC(=O)Nc4ccccc43)c2)c1. The van der Waals surface area contributed by atoms with Crippen molar-refractivity contribution in [3.8, 4) is 5.69 Å². The number of ether oxygens (including phenoxy) is 1. The van der Waals surface area contributed by atoms with Gasteiger partial charge in [-0.05, 0) is 54.3 Å². The van der Waals surface area contributed by atoms with Crippen LogP contribution in [0, 0.1) is 6.92 Å². The van der Waals surface area contributed by atoms with Gasteiger partial charge in [-0.3, -0.25) is 10.1 Å². The Morgan fingerprint density at radius 1 is 1.00 bits per heavy atom. The van der Waals surface area contributed by atoms with E-state index in [9.17, 15) is 9.59 Å². The Morgan fingerprint density at radius 3 is 2.65 bits per heavy atom. The summed E-state index contributed by atoms with van der Waals surface area (Å²) < 4.78 is 7.32. The maximum atomic E-state index is 13.4. The summed E-state index contributed by atoms with van der Waals surface area (Å²) in [5.74, 6) is -0.0256. The summed E-state index contributed by atoms with van der Waals surface area (Å²) in [6.45, 7) is 3.99. The first-order valence-electron chi connectivity index (χ1n) is 11.4. The van der Waals surface area contributed by atoms with Gasteiger partial charge >= 0.3 is 6.09 Å². The molecule has 6 nitrogen and oxygen atoms in total. The molecule has 1 aliphatic heterocycles. The molecule has 0 radical (unpaired) electrons. The van der Waals surface area contributed by atoms with Crippen LogP contribution in [0.1, 0.15) is 51.5 Å². The molecule has 1 unspecified atom stereocenters. The van der Waals surface area contributed by atoms with E-state index in [1.165, 1.54) is 5.56 Å². The smallest absolute Gasteiger partial charge is 0.412 e. The number of Topliss-reactive ketones (excluding diaryl/α,β-unsaturated/α-hetero) is 1. The van der Waals surface area contributed by atoms with Crippen LogP contribution in [0.25, 0.3) is 5.69 Å². The number of carbonyl (C=O) groups excluding carboxylic acids is 2. The lowest BCUT2D eigenvalue weighted by atomic mass is 9.95. The number of nitrogens with zero attached hydrogens (tertiary/aromatic N) is 2. The number of amides is 1. The first kappa shape index (κ1) is 21.6. The molecule has 0 aliphatic carbocycles. The van der Waals surface area contributed by atoms with E-state index in [-0.39, 0.29) is 12.2 Å². The molecule has 6 heteroatoms. The Kier molecular flexibility index (Phi) is 5.72. The third-order valence-electron chi connectivity index (χ3n) is 6.00. The molecule has 170 valence electrons. The highest BCUT2D eigenvalue weighted by Gasteiger charge is 2.27. The lowest BCUT2D eigenvalue weighted by Gasteiger charge is -2.26. The highest BCUT2D eigenvalue weighted by molar-refractivity contribution is 5.96. The van der Waals surface area contributed by atoms with Crippen molar-refractivity contribution in [1.29, 1.82) is 0 Å². The predicted molar refractivity (Wildman–Crippen MR) is 131 cm³/mol. The zero-order valence-electron chi connectivity index (χ0n) is 19.1. The Bertz CT molecular complexity index is 1390. The van der Waals surface area contributed by atoms with Gasteiger partial charge < -0.3 is 4.74 Å². The van der Waals surface area contributed by atoms with Crippen molar-refractivity contribution in [2.45, 2.75) is 32.8 Å². The number of cyclic esters (lactones) is 1. The zero-order valence-corrected chi connectivity index (χ0v) is 19.1. The summed E-state index contributed by atoms with van der Waals surface area (Å²) >= 11 is 0. The number of fused-ring (bicyclic) bond motifs is 1. The van der Waals surface area contributed by atoms with Crippen LogP contribution in [0.5, 0.6) is 0 Å². The van der Waals surface area contributed by atoms with Crippen LogP contribution in [0.15, 0.2) is 78.9 Å². The fourth-order valence-electron chi connectivity index (χ4n) is 4.34. The minimum Gasteiger partial charge on any atom is -0.436 e. The maximum Gasteiger partial charge on any atom is 0.412 e. The lowest BCUT2D eigenvalue weighted by Crippen LogP contribution is -2.25. The highest BCUT2D eigenvalue weighted by atomic mass is 16.6. The highest BCUT2D eigenvalue weighted by Crippen LogP contribution is 2.35. The van der Waals surface area contributed by atoms with E-state index >= 15 is 0 Å². The van der Waals surface area contributed by atoms with Crippen molar-refractivity contribution in [2.24, 2.45) is 0 Å². The van der Waals surface area contributed by atoms with Gasteiger partial charge in [-0.15, -0.1) is 0 Å². The van der Waals surface area contributed by atoms with E-state index in [1.807, 2.05) is 73.7 Å². The van der Waals surface area contributed by atoms with E-state index < -0.39 is 12.2 Å². The quantitative estimate of drug-likeness (QED) is 0.375. The van der Waals surface area contributed by atoms with Crippen molar-refractivity contribution < 1.29 is 14.3 Å². The first-order chi connectivity index (χ1) is 16.5. The molecule has 0 saturated heterocycles. The molecule has 1 aromatic heterocycles. The molecule has 0 bridgehead atoms. The number of rotatable bonds is 6. The third kappa shape index (κ3) is 4.22. The van der Waals surface area contributed by atoms with Crippen molar-refractivity contribution in [1.82, 2.24) is 9.78 Å². The molecule has 2 heterocycles. The van der Waals surface area contributed by atoms with Crippen molar-refractivity contribution in [3.05, 3.63) is 113 Å². The standard InChI is InChI=1S/C28H25N3O3/c1-3-19-8-7-11-22(16-19)31-25(14-18(2)30-31)26(32)17-20-9-6-10-21(15-20)27-23-12-4-5-13-24(23)29-28(33)34-27/h4-16,27H,3,17H2,1-2H3,(H,29,33). The molecular weight excluding hydrogens is 426 g/mol. The van der Waals surface area contributed by atoms with Gasteiger partial charge in [0.1, 0.15) is 5.69 Å². The van der Waals surface area contributed by atoms with Crippen LogP contribution >= 0.6 is 0 Å². The van der Waals surface area contributed by atoms with E-state index in [0.717, 1.165) is 40.2 Å². The lowest BCUT2D eigenvalue weighted by molar-refractivity contribution is 0.0984. The number of nitrogens with one attached hydrogen (secondary N) is 1. The second-order valence-electron chi connectivity index (χ2n) is 8.45. The molecule has 0 fully saturated rings. The number of aromatic nitrogens is 2. The number of benzene rings is 3. The molecule has 1 aliphatic rings. The van der Waals surface area contributed by atoms with Gasteiger partial charge in [-0.1, -0.05) is 61.5 Å². The zero-order chi connectivity index (χ0) is 23.7. The van der Waals surface area contributed by atoms with E-state index in [0.29, 0.717) is 5.69 Å². The Hall–Kier alpha value is -4.19. The number of hydrogen-bond donors (Lipinski definition) is 1. The molecule has 4 aromatic rings. The van der Waals surface area contributed by atoms with Crippen LogP contribution in [0.3, 0.4) is 0 Å². The average molecular weight is 452 g/mol. The first-order valence-corrected chi connectivity index (χ1v) is 11.4. The topological polar surface area (TPSA) is 73.2 Å². The molecule has 0 saturated carbocycles. The van der Waals surface area contributed by atoms with Crippen LogP contribution < -0.4 is 5.32 Å². The third-order valence-corrected chi connectivity index (χ3v) is 6.00. The molecule has 5 rings (SSSR count). The van der Waals surface area contributed by atoms with Gasteiger partial charge in [-0.25, -0.2) is 9.48 Å². The molecule has 3 aromatic carbocycles. The summed E-state index contributed by atoms with van der Waals surface area (Å²) in [6, 6.07) is 25.1. The Labute approximate surface area is 198 Å². The van der Waals surface area contributed by atoms with Gasteiger partial charge in [-0.2, -0.15) is 5.10 Å². The fourth-order valence-corrected chi connectivity index (χ4v) is 4.34. The minimum absolute atomic E-state index is 0.0256. The number of carbonyl (C=O) groups is 2. The van der Waals surface area contributed by atoms with Gasteiger partial charge in [0.05, 0.1) is 17.1 Å². The Morgan fingerprint density at radius 2 is 1.79 bits per heavy atom. The Balaban J connectivity index is 1.44. The summed E-state index contributed by atoms with van der Waals surface area (Å²) in [5, 5.41) is 7.31. The van der Waals surface area contributed by atoms with Crippen LogP contribution in [-0.2, 0) is 17.6 Å². The van der Waals surface area contributed by atoms with Gasteiger partial charge in [0.15, 0.2) is 11.9 Å². The predicted octanol–water partition coefficient (Wildman–Crippen LogP) is 5.82. The van der Waals surface area contributed by atoms with Gasteiger partial charge in [0.25, 0.3) is 0 Å². The number of ketones is 1. The fraction of sp³-hybridized carbons (Fsp3) is 0.179. The monoisotopic (exact) mass is 451 g/mol. The van der Waals surface area contributed by atoms with Crippen LogP contribution in [-0.4, -0.2) is 21.7 Å². The molecule has 0 spiro atoms. The minimum atomic E-state index is -0.524. The maximum absolute atomic E-state index is 13.4. The second kappa shape index (κ2) is 8.98. The second-order valence-corrected chi connectivity index (χ2v) is 8.45. The molecule has 1 N–H and O–H groups in total. The largest absolute Gasteiger partial charge is 0.436 e. The molecule has 1 amide bonds. The van der Waals surface area contributed by atoms with Crippen molar-refractivity contribution in [3.63, 3.8) is 0 Å². The molecule has 1 atom stereocenters. The number of aryl methyl sites for hydroxylation is 2. The average Bonchev–Trinajstić information content (AvgIpc) is 3.25. The van der Waals surface area contributed by atoms with Gasteiger partial charge in [0, 0.05) is 12.0 Å². The molecule has 34 heavy (non-hydrogen) atoms. The normalized spacial score (nSPS) is 14.8. The number of hydrogen-bond acceptors (Lipinski definition) is 4. The van der Waals surface area contributed by atoms with Crippen molar-refractivity contribution >= 4 is 17.6 Å². The van der Waals surface area contributed by atoms with Crippen molar-refractivity contribution in [2.75, 3.05) is 5.32 Å². The summed E-state index contributed by atoms with van der Waals surface area (Å²) in [5.41, 5.74) is 6.70. The summed E-state index contributed by atoms with van der Waals surface area (Å²) in [4.78, 5) is 25.4. The summed E-state index contributed by atoms with van der Waals surface area (Å²) in [7, 11) is 0. The summed E-state index contributed by atoms with van der Waals surface area (Å²) in [6.07, 6.45) is 0.116. The molecular formula is C28H25N3O3. The van der Waals surface area contributed by atoms with Gasteiger partial charge in [0.2, 0.25) is 0 Å².